The molecule has 1 amide bonds. The number of ether oxygens (including phenoxy) is 2. The summed E-state index contributed by atoms with van der Waals surface area (Å²) in [5.74, 6) is -0.942. The van der Waals surface area contributed by atoms with Crippen molar-refractivity contribution in [3.05, 3.63) is 60.2 Å². The maximum Gasteiger partial charge on any atom is 0.324 e. The summed E-state index contributed by atoms with van der Waals surface area (Å²) in [5, 5.41) is 2.84. The number of rotatable bonds is 8. The third-order valence-corrected chi connectivity index (χ3v) is 6.35. The molecule has 0 fully saturated rings. The molecule has 1 heterocycles. The molecule has 8 nitrogen and oxygen atoms in total. The number of nitrogens with one attached hydrogen (secondary N) is 2. The van der Waals surface area contributed by atoms with Crippen molar-refractivity contribution in [2.45, 2.75) is 37.2 Å². The molecular weight excluding hydrogens is 420 g/mol. The topological polar surface area (TPSA) is 111 Å². The van der Waals surface area contributed by atoms with Gasteiger partial charge in [-0.1, -0.05) is 50.2 Å². The summed E-state index contributed by atoms with van der Waals surface area (Å²) in [6.07, 6.45) is 0.599. The van der Waals surface area contributed by atoms with Crippen LogP contribution in [0.5, 0.6) is 5.75 Å². The zero-order valence-electron chi connectivity index (χ0n) is 17.4. The van der Waals surface area contributed by atoms with E-state index in [0.29, 0.717) is 18.8 Å². The Balaban J connectivity index is 1.59. The Morgan fingerprint density at radius 2 is 1.77 bits per heavy atom. The van der Waals surface area contributed by atoms with Gasteiger partial charge in [0.15, 0.2) is 6.61 Å². The Morgan fingerprint density at radius 1 is 1.10 bits per heavy atom. The molecule has 31 heavy (non-hydrogen) atoms. The minimum Gasteiger partial charge on any atom is -0.493 e. The van der Waals surface area contributed by atoms with Gasteiger partial charge in [0.1, 0.15) is 11.8 Å². The molecule has 0 saturated heterocycles. The van der Waals surface area contributed by atoms with Crippen LogP contribution in [0.25, 0.3) is 0 Å². The quantitative estimate of drug-likeness (QED) is 0.602. The van der Waals surface area contributed by atoms with Crippen molar-refractivity contribution < 1.29 is 27.5 Å². The summed E-state index contributed by atoms with van der Waals surface area (Å²) in [5.41, 5.74) is 0.865. The van der Waals surface area contributed by atoms with Crippen molar-refractivity contribution in [2.24, 2.45) is 5.92 Å². The van der Waals surface area contributed by atoms with E-state index in [0.717, 1.165) is 5.56 Å². The van der Waals surface area contributed by atoms with Crippen LogP contribution >= 0.6 is 0 Å². The number of para-hydroxylation sites is 1. The van der Waals surface area contributed by atoms with Gasteiger partial charge in [0, 0.05) is 12.0 Å². The fourth-order valence-electron chi connectivity index (χ4n) is 3.25. The first-order valence-corrected chi connectivity index (χ1v) is 11.5. The van der Waals surface area contributed by atoms with Crippen LogP contribution in [0.2, 0.25) is 0 Å². The fraction of sp³-hybridized carbons (Fsp3) is 0.364. The van der Waals surface area contributed by atoms with E-state index in [-0.39, 0.29) is 16.9 Å². The first-order valence-electron chi connectivity index (χ1n) is 10.0. The molecule has 0 bridgehead atoms. The normalized spacial score (nSPS) is 16.7. The van der Waals surface area contributed by atoms with Gasteiger partial charge in [0.25, 0.3) is 5.91 Å². The summed E-state index contributed by atoms with van der Waals surface area (Å²) in [6, 6.07) is 13.8. The lowest BCUT2D eigenvalue weighted by Crippen LogP contribution is -2.46. The van der Waals surface area contributed by atoms with Gasteiger partial charge >= 0.3 is 5.97 Å². The number of benzene rings is 2. The van der Waals surface area contributed by atoms with Crippen molar-refractivity contribution in [3.8, 4) is 5.75 Å². The largest absolute Gasteiger partial charge is 0.493 e. The number of amides is 1. The van der Waals surface area contributed by atoms with E-state index in [1.165, 1.54) is 12.1 Å². The summed E-state index contributed by atoms with van der Waals surface area (Å²) in [4.78, 5) is 24.9. The molecule has 2 N–H and O–H groups in total. The maximum atomic E-state index is 12.6. The van der Waals surface area contributed by atoms with Crippen LogP contribution in [0.15, 0.2) is 59.5 Å². The van der Waals surface area contributed by atoms with E-state index >= 15 is 0 Å². The lowest BCUT2D eigenvalue weighted by Gasteiger charge is -2.26. The van der Waals surface area contributed by atoms with Crippen LogP contribution in [0, 0.1) is 5.92 Å². The van der Waals surface area contributed by atoms with E-state index in [9.17, 15) is 18.0 Å². The minimum atomic E-state index is -3.91. The Hall–Kier alpha value is -2.91. The van der Waals surface area contributed by atoms with Gasteiger partial charge in [-0.15, -0.1) is 0 Å². The lowest BCUT2D eigenvalue weighted by molar-refractivity contribution is -0.151. The van der Waals surface area contributed by atoms with E-state index in [2.05, 4.69) is 10.0 Å². The number of carbonyl (C=O) groups excluding carboxylic acids is 2. The molecule has 1 aliphatic heterocycles. The number of carbonyl (C=O) groups is 2. The maximum absolute atomic E-state index is 12.6. The highest BCUT2D eigenvalue weighted by atomic mass is 32.2. The molecule has 166 valence electrons. The van der Waals surface area contributed by atoms with Gasteiger partial charge in [-0.3, -0.25) is 9.59 Å². The molecule has 2 aromatic carbocycles. The van der Waals surface area contributed by atoms with Crippen LogP contribution < -0.4 is 14.8 Å². The van der Waals surface area contributed by atoms with Crippen molar-refractivity contribution in [1.82, 2.24) is 10.0 Å². The van der Waals surface area contributed by atoms with Crippen LogP contribution in [-0.2, 0) is 24.3 Å². The summed E-state index contributed by atoms with van der Waals surface area (Å²) in [7, 11) is -3.91. The number of sulfonamides is 1. The van der Waals surface area contributed by atoms with Gasteiger partial charge in [0.05, 0.1) is 17.5 Å². The second kappa shape index (κ2) is 9.93. The SMILES string of the molecule is CC(C)[C@H](NS(=O)(=O)c1ccccc1)C(=O)OCC(=O)NC1CCOc2ccccc21. The summed E-state index contributed by atoms with van der Waals surface area (Å²) >= 11 is 0. The number of fused-ring (bicyclic) bond motifs is 1. The smallest absolute Gasteiger partial charge is 0.324 e. The molecule has 0 radical (unpaired) electrons. The van der Waals surface area contributed by atoms with E-state index in [1.807, 2.05) is 24.3 Å². The predicted molar refractivity (Wildman–Crippen MR) is 114 cm³/mol. The molecule has 9 heteroatoms. The van der Waals surface area contributed by atoms with Crippen molar-refractivity contribution >= 4 is 21.9 Å². The summed E-state index contributed by atoms with van der Waals surface area (Å²) < 4.78 is 38.2. The van der Waals surface area contributed by atoms with Gasteiger partial charge < -0.3 is 14.8 Å². The van der Waals surface area contributed by atoms with Crippen molar-refractivity contribution in [2.75, 3.05) is 13.2 Å². The second-order valence-electron chi connectivity index (χ2n) is 7.56. The Bertz CT molecular complexity index is 1020. The highest BCUT2D eigenvalue weighted by molar-refractivity contribution is 7.89. The molecule has 2 aromatic rings. The van der Waals surface area contributed by atoms with Gasteiger partial charge in [-0.2, -0.15) is 4.72 Å². The molecule has 0 aliphatic carbocycles. The van der Waals surface area contributed by atoms with Crippen LogP contribution in [0.4, 0.5) is 0 Å². The Morgan fingerprint density at radius 3 is 2.48 bits per heavy atom. The van der Waals surface area contributed by atoms with Gasteiger partial charge in [-0.05, 0) is 24.1 Å². The van der Waals surface area contributed by atoms with Crippen LogP contribution in [-0.4, -0.2) is 39.5 Å². The number of hydrogen-bond acceptors (Lipinski definition) is 6. The highest BCUT2D eigenvalue weighted by Crippen LogP contribution is 2.31. The third kappa shape index (κ3) is 5.83. The first kappa shape index (κ1) is 22.8. The molecule has 0 saturated carbocycles. The van der Waals surface area contributed by atoms with E-state index < -0.39 is 34.5 Å². The van der Waals surface area contributed by atoms with Gasteiger partial charge in [0.2, 0.25) is 10.0 Å². The van der Waals surface area contributed by atoms with Crippen LogP contribution in [0.1, 0.15) is 31.9 Å². The standard InChI is InChI=1S/C22H26N2O6S/c1-15(2)21(24-31(27,28)16-8-4-3-5-9-16)22(26)30-14-20(25)23-18-12-13-29-19-11-7-6-10-17(18)19/h3-11,15,18,21,24H,12-14H2,1-2H3,(H,23,25)/t18?,21-/m0/s1. The highest BCUT2D eigenvalue weighted by Gasteiger charge is 2.30. The monoisotopic (exact) mass is 446 g/mol. The first-order chi connectivity index (χ1) is 14.8. The average Bonchev–Trinajstić information content (AvgIpc) is 2.76. The number of hydrogen-bond donors (Lipinski definition) is 2. The van der Waals surface area contributed by atoms with Crippen LogP contribution in [0.3, 0.4) is 0 Å². The van der Waals surface area contributed by atoms with Crippen molar-refractivity contribution in [1.29, 1.82) is 0 Å². The van der Waals surface area contributed by atoms with Crippen molar-refractivity contribution in [3.63, 3.8) is 0 Å². The minimum absolute atomic E-state index is 0.0457. The fourth-order valence-corrected chi connectivity index (χ4v) is 4.60. The Kier molecular flexibility index (Phi) is 7.29. The lowest BCUT2D eigenvalue weighted by atomic mass is 10.0. The summed E-state index contributed by atoms with van der Waals surface area (Å²) in [6.45, 7) is 3.35. The molecule has 1 unspecified atom stereocenters. The predicted octanol–water partition coefficient (Wildman–Crippen LogP) is 2.17. The number of esters is 1. The second-order valence-corrected chi connectivity index (χ2v) is 9.27. The average molecular weight is 447 g/mol. The zero-order valence-corrected chi connectivity index (χ0v) is 18.2. The van der Waals surface area contributed by atoms with Gasteiger partial charge in [-0.25, -0.2) is 8.42 Å². The molecule has 2 atom stereocenters. The molecule has 0 spiro atoms. The van der Waals surface area contributed by atoms with E-state index in [4.69, 9.17) is 9.47 Å². The molecular formula is C22H26N2O6S. The molecule has 3 rings (SSSR count). The third-order valence-electron chi connectivity index (χ3n) is 4.90. The molecule has 1 aliphatic rings. The molecule has 0 aromatic heterocycles. The zero-order chi connectivity index (χ0) is 22.4. The van der Waals surface area contributed by atoms with E-state index in [1.54, 1.807) is 32.0 Å². The Labute approximate surface area is 182 Å².